The van der Waals surface area contributed by atoms with Crippen LogP contribution in [0.4, 0.5) is 4.79 Å². The Kier molecular flexibility index (Phi) is 1.26. The number of rotatable bonds is 0. The molecule has 0 fully saturated rings. The third kappa shape index (κ3) is 0.815. The highest BCUT2D eigenvalue weighted by molar-refractivity contribution is 5.84. The third-order valence-corrected chi connectivity index (χ3v) is 1.42. The Hall–Kier alpha value is -1.98. The van der Waals surface area contributed by atoms with Crippen molar-refractivity contribution in [3.63, 3.8) is 0 Å². The zero-order chi connectivity index (χ0) is 8.55. The molecule has 6 heteroatoms. The molecule has 0 aliphatic carbocycles. The van der Waals surface area contributed by atoms with E-state index in [4.69, 9.17) is 5.73 Å². The molecule has 60 valence electrons. The molecule has 12 heavy (non-hydrogen) atoms. The molecular formula is C6H5N5O. The molecule has 0 unspecified atom stereocenters. The second-order valence-corrected chi connectivity index (χ2v) is 2.19. The van der Waals surface area contributed by atoms with E-state index < -0.39 is 6.03 Å². The van der Waals surface area contributed by atoms with E-state index in [0.717, 1.165) is 4.68 Å². The molecule has 0 saturated carbocycles. The van der Waals surface area contributed by atoms with Gasteiger partial charge in [-0.1, -0.05) is 5.21 Å². The van der Waals surface area contributed by atoms with Gasteiger partial charge in [0.2, 0.25) is 0 Å². The Morgan fingerprint density at radius 3 is 3.17 bits per heavy atom. The summed E-state index contributed by atoms with van der Waals surface area (Å²) in [5, 5.41) is 7.21. The van der Waals surface area contributed by atoms with Gasteiger partial charge in [-0.2, -0.15) is 0 Å². The minimum absolute atomic E-state index is 0.380. The number of carbonyl (C=O) groups excluding carboxylic acids is 1. The fraction of sp³-hybridized carbons (Fsp3) is 0. The maximum absolute atomic E-state index is 10.7. The summed E-state index contributed by atoms with van der Waals surface area (Å²) in [6, 6.07) is 2.73. The smallest absolute Gasteiger partial charge is 0.342 e. The van der Waals surface area contributed by atoms with Crippen molar-refractivity contribution in [1.82, 2.24) is 20.0 Å². The number of hydrogen-bond acceptors (Lipinski definition) is 4. The van der Waals surface area contributed by atoms with Crippen LogP contribution in [0.3, 0.4) is 0 Å². The zero-order valence-electron chi connectivity index (χ0n) is 6.01. The van der Waals surface area contributed by atoms with Crippen LogP contribution in [-0.4, -0.2) is 26.0 Å². The van der Waals surface area contributed by atoms with Crippen molar-refractivity contribution in [1.29, 1.82) is 0 Å². The number of carbonyl (C=O) groups is 1. The van der Waals surface area contributed by atoms with Gasteiger partial charge in [-0.15, -0.1) is 9.78 Å². The topological polar surface area (TPSA) is 86.7 Å². The van der Waals surface area contributed by atoms with Crippen molar-refractivity contribution in [3.05, 3.63) is 18.3 Å². The molecular weight excluding hydrogens is 158 g/mol. The van der Waals surface area contributed by atoms with Gasteiger partial charge in [0.05, 0.1) is 0 Å². The van der Waals surface area contributed by atoms with E-state index in [0.29, 0.717) is 11.2 Å². The molecule has 0 saturated heterocycles. The molecule has 1 amide bonds. The maximum Gasteiger partial charge on any atom is 0.342 e. The van der Waals surface area contributed by atoms with E-state index in [1.54, 1.807) is 18.3 Å². The minimum atomic E-state index is -0.684. The Balaban J connectivity index is 2.79. The number of aromatic nitrogens is 4. The highest BCUT2D eigenvalue weighted by Gasteiger charge is 2.07. The number of amides is 1. The lowest BCUT2D eigenvalue weighted by molar-refractivity contribution is 0.248. The molecule has 2 aromatic rings. The van der Waals surface area contributed by atoms with Crippen molar-refractivity contribution in [2.24, 2.45) is 5.73 Å². The molecule has 2 rings (SSSR count). The highest BCUT2D eigenvalue weighted by atomic mass is 16.2. The average molecular weight is 163 g/mol. The van der Waals surface area contributed by atoms with Gasteiger partial charge < -0.3 is 5.73 Å². The van der Waals surface area contributed by atoms with Crippen molar-refractivity contribution in [2.45, 2.75) is 0 Å². The fourth-order valence-corrected chi connectivity index (χ4v) is 0.913. The van der Waals surface area contributed by atoms with E-state index in [-0.39, 0.29) is 0 Å². The van der Waals surface area contributed by atoms with Crippen LogP contribution >= 0.6 is 0 Å². The first kappa shape index (κ1) is 6.71. The second kappa shape index (κ2) is 2.26. The van der Waals surface area contributed by atoms with Crippen molar-refractivity contribution < 1.29 is 4.79 Å². The first-order chi connectivity index (χ1) is 5.79. The largest absolute Gasteiger partial charge is 0.350 e. The first-order valence-electron chi connectivity index (χ1n) is 3.25. The lowest BCUT2D eigenvalue weighted by atomic mass is 10.4. The number of nitrogens with two attached hydrogens (primary N) is 1. The second-order valence-electron chi connectivity index (χ2n) is 2.19. The van der Waals surface area contributed by atoms with E-state index >= 15 is 0 Å². The quantitative estimate of drug-likeness (QED) is 0.580. The van der Waals surface area contributed by atoms with Gasteiger partial charge in [-0.05, 0) is 12.1 Å². The summed E-state index contributed by atoms with van der Waals surface area (Å²) in [5.74, 6) is 0. The minimum Gasteiger partial charge on any atom is -0.350 e. The average Bonchev–Trinajstić information content (AvgIpc) is 2.47. The summed E-state index contributed by atoms with van der Waals surface area (Å²) >= 11 is 0. The molecule has 0 aliphatic rings. The SMILES string of the molecule is NC(=O)n1nnc2cccnc21. The Morgan fingerprint density at radius 1 is 1.58 bits per heavy atom. The van der Waals surface area contributed by atoms with E-state index in [2.05, 4.69) is 15.3 Å². The summed E-state index contributed by atoms with van der Waals surface area (Å²) in [4.78, 5) is 14.6. The van der Waals surface area contributed by atoms with Crippen LogP contribution in [0.2, 0.25) is 0 Å². The molecule has 0 aliphatic heterocycles. The van der Waals surface area contributed by atoms with E-state index in [9.17, 15) is 4.79 Å². The first-order valence-corrected chi connectivity index (χ1v) is 3.25. The fourth-order valence-electron chi connectivity index (χ4n) is 0.913. The molecule has 6 nitrogen and oxygen atoms in total. The number of primary amides is 1. The van der Waals surface area contributed by atoms with Crippen molar-refractivity contribution >= 4 is 17.2 Å². The monoisotopic (exact) mass is 163 g/mol. The number of fused-ring (bicyclic) bond motifs is 1. The van der Waals surface area contributed by atoms with E-state index in [1.165, 1.54) is 0 Å². The summed E-state index contributed by atoms with van der Waals surface area (Å²) in [5.41, 5.74) is 5.94. The van der Waals surface area contributed by atoms with Crippen LogP contribution in [-0.2, 0) is 0 Å². The summed E-state index contributed by atoms with van der Waals surface area (Å²) in [7, 11) is 0. The Labute approximate surface area is 67.0 Å². The van der Waals surface area contributed by atoms with Gasteiger partial charge in [0, 0.05) is 6.20 Å². The van der Waals surface area contributed by atoms with Gasteiger partial charge in [0.25, 0.3) is 0 Å². The predicted octanol–water partition coefficient (Wildman–Crippen LogP) is -0.247. The lowest BCUT2D eigenvalue weighted by Crippen LogP contribution is -2.21. The molecule has 0 spiro atoms. The van der Waals surface area contributed by atoms with Crippen LogP contribution in [0.15, 0.2) is 18.3 Å². The molecule has 2 aromatic heterocycles. The van der Waals surface area contributed by atoms with Crippen LogP contribution in [0, 0.1) is 0 Å². The molecule has 0 aromatic carbocycles. The van der Waals surface area contributed by atoms with Crippen molar-refractivity contribution in [2.75, 3.05) is 0 Å². The van der Waals surface area contributed by atoms with Gasteiger partial charge in [-0.25, -0.2) is 9.78 Å². The van der Waals surface area contributed by atoms with Crippen LogP contribution in [0.25, 0.3) is 11.2 Å². The van der Waals surface area contributed by atoms with Crippen LogP contribution < -0.4 is 5.73 Å². The Bertz CT molecular complexity index is 434. The molecule has 0 atom stereocenters. The zero-order valence-corrected chi connectivity index (χ0v) is 6.01. The van der Waals surface area contributed by atoms with Crippen LogP contribution in [0.5, 0.6) is 0 Å². The number of hydrogen-bond donors (Lipinski definition) is 1. The summed E-state index contributed by atoms with van der Waals surface area (Å²) < 4.78 is 0.954. The van der Waals surface area contributed by atoms with Crippen molar-refractivity contribution in [3.8, 4) is 0 Å². The van der Waals surface area contributed by atoms with Crippen LogP contribution in [0.1, 0.15) is 0 Å². The molecule has 2 heterocycles. The summed E-state index contributed by atoms with van der Waals surface area (Å²) in [6.45, 7) is 0. The lowest BCUT2D eigenvalue weighted by Gasteiger charge is -1.90. The highest BCUT2D eigenvalue weighted by Crippen LogP contribution is 2.04. The van der Waals surface area contributed by atoms with Gasteiger partial charge >= 0.3 is 6.03 Å². The maximum atomic E-state index is 10.7. The van der Waals surface area contributed by atoms with E-state index in [1.807, 2.05) is 0 Å². The Morgan fingerprint density at radius 2 is 2.42 bits per heavy atom. The van der Waals surface area contributed by atoms with Gasteiger partial charge in [-0.3, -0.25) is 0 Å². The number of pyridine rings is 1. The summed E-state index contributed by atoms with van der Waals surface area (Å²) in [6.07, 6.45) is 1.55. The standard InChI is InChI=1S/C6H5N5O/c7-6(12)11-5-4(9-10-11)2-1-3-8-5/h1-3H,(H2,7,12). The predicted molar refractivity (Wildman–Crippen MR) is 40.3 cm³/mol. The van der Waals surface area contributed by atoms with Gasteiger partial charge in [0.1, 0.15) is 5.52 Å². The molecule has 0 bridgehead atoms. The van der Waals surface area contributed by atoms with Gasteiger partial charge in [0.15, 0.2) is 5.65 Å². The normalized spacial score (nSPS) is 10.3. The third-order valence-electron chi connectivity index (χ3n) is 1.42. The molecule has 0 radical (unpaired) electrons. The number of nitrogens with zero attached hydrogens (tertiary/aromatic N) is 4. The molecule has 2 N–H and O–H groups in total.